The Morgan fingerprint density at radius 3 is 2.23 bits per heavy atom. The number of aliphatic hydroxyl groups is 1. The van der Waals surface area contributed by atoms with Crippen molar-refractivity contribution in [3.05, 3.63) is 132 Å². The Hall–Kier alpha value is -4.72. The molecular formula is C41H45N3O4. The van der Waals surface area contributed by atoms with Gasteiger partial charge in [-0.2, -0.15) is 0 Å². The average Bonchev–Trinajstić information content (AvgIpc) is 3.54. The van der Waals surface area contributed by atoms with E-state index in [1.807, 2.05) is 97.1 Å². The van der Waals surface area contributed by atoms with Crippen molar-refractivity contribution in [3.63, 3.8) is 0 Å². The summed E-state index contributed by atoms with van der Waals surface area (Å²) in [6, 6.07) is 36.1. The summed E-state index contributed by atoms with van der Waals surface area (Å²) in [6.07, 6.45) is 10.4. The number of nitrogens with zero attached hydrogens (tertiary/aromatic N) is 1. The number of nitrogens with one attached hydrogen (secondary N) is 2. The van der Waals surface area contributed by atoms with Crippen LogP contribution >= 0.6 is 0 Å². The maximum atomic E-state index is 14.5. The number of rotatable bonds is 14. The van der Waals surface area contributed by atoms with Crippen LogP contribution in [0.2, 0.25) is 0 Å². The molecule has 1 amide bonds. The van der Waals surface area contributed by atoms with Gasteiger partial charge in [0, 0.05) is 31.6 Å². The topological polar surface area (TPSA) is 92.2 Å². The number of hydrogen-bond donors (Lipinski definition) is 3. The standard InChI is InChI=1S/C41H45N3O4/c45-28-11-29-47-37-25-23-36(24-26-37)39-43-41(27-10-16-31-12-4-1-5-13-31,40(46)44-42-30-32-14-6-2-7-15-32)38(48-39)35-21-19-34(20-22-35)33-17-8-3-9-18-33/h1,3-5,8-10,12-13,16-26,32,38,42,45H,2,6-7,11,14-15,27-30H2,(H,44,46)/b16-10+/t38-,41-/m0/s1. The van der Waals surface area contributed by atoms with Crippen LogP contribution in [0.3, 0.4) is 0 Å². The number of aliphatic imine (C=N–C) groups is 1. The van der Waals surface area contributed by atoms with Gasteiger partial charge in [0.05, 0.1) is 6.61 Å². The molecule has 1 aliphatic heterocycles. The first-order valence-electron chi connectivity index (χ1n) is 17.2. The van der Waals surface area contributed by atoms with Crippen molar-refractivity contribution in [1.82, 2.24) is 10.9 Å². The van der Waals surface area contributed by atoms with Gasteiger partial charge in [-0.25, -0.2) is 10.4 Å². The maximum absolute atomic E-state index is 14.5. The average molecular weight is 644 g/mol. The molecule has 0 saturated heterocycles. The molecule has 4 aromatic rings. The lowest BCUT2D eigenvalue weighted by atomic mass is 9.84. The zero-order valence-electron chi connectivity index (χ0n) is 27.4. The minimum Gasteiger partial charge on any atom is -0.494 e. The Morgan fingerprint density at radius 1 is 0.854 bits per heavy atom. The number of ether oxygens (including phenoxy) is 2. The van der Waals surface area contributed by atoms with Gasteiger partial charge in [0.2, 0.25) is 5.90 Å². The third-order valence-electron chi connectivity index (χ3n) is 9.21. The monoisotopic (exact) mass is 643 g/mol. The molecular weight excluding hydrogens is 598 g/mol. The first-order valence-corrected chi connectivity index (χ1v) is 17.2. The molecule has 0 radical (unpaired) electrons. The van der Waals surface area contributed by atoms with E-state index in [0.717, 1.165) is 34.4 Å². The van der Waals surface area contributed by atoms with Gasteiger partial charge in [0.25, 0.3) is 5.91 Å². The van der Waals surface area contributed by atoms with E-state index < -0.39 is 11.6 Å². The Balaban J connectivity index is 1.33. The second-order valence-corrected chi connectivity index (χ2v) is 12.6. The van der Waals surface area contributed by atoms with Crippen LogP contribution in [0, 0.1) is 5.92 Å². The fraction of sp³-hybridized carbons (Fsp3) is 0.317. The first-order chi connectivity index (χ1) is 23.6. The van der Waals surface area contributed by atoms with Crippen molar-refractivity contribution in [1.29, 1.82) is 0 Å². The molecule has 0 spiro atoms. The third kappa shape index (κ3) is 8.22. The maximum Gasteiger partial charge on any atom is 0.266 e. The zero-order chi connectivity index (χ0) is 33.0. The molecule has 0 aromatic heterocycles. The molecule has 3 N–H and O–H groups in total. The van der Waals surface area contributed by atoms with Crippen LogP contribution in [-0.2, 0) is 9.53 Å². The summed E-state index contributed by atoms with van der Waals surface area (Å²) in [5.41, 5.74) is 9.94. The summed E-state index contributed by atoms with van der Waals surface area (Å²) in [7, 11) is 0. The van der Waals surface area contributed by atoms with Crippen molar-refractivity contribution < 1.29 is 19.4 Å². The van der Waals surface area contributed by atoms with E-state index in [1.165, 1.54) is 32.1 Å². The van der Waals surface area contributed by atoms with Crippen molar-refractivity contribution in [2.24, 2.45) is 10.9 Å². The zero-order valence-corrected chi connectivity index (χ0v) is 27.4. The van der Waals surface area contributed by atoms with Crippen LogP contribution in [0.15, 0.2) is 120 Å². The number of aliphatic hydroxyl groups excluding tert-OH is 1. The fourth-order valence-corrected chi connectivity index (χ4v) is 6.51. The molecule has 2 aliphatic rings. The predicted octanol–water partition coefficient (Wildman–Crippen LogP) is 7.68. The number of benzene rings is 4. The minimum absolute atomic E-state index is 0.0782. The van der Waals surface area contributed by atoms with E-state index in [4.69, 9.17) is 19.6 Å². The van der Waals surface area contributed by atoms with E-state index in [1.54, 1.807) is 0 Å². The molecule has 0 unspecified atom stereocenters. The van der Waals surface area contributed by atoms with Crippen LogP contribution in [0.1, 0.15) is 67.7 Å². The van der Waals surface area contributed by atoms with Crippen molar-refractivity contribution >= 4 is 17.9 Å². The number of hydrazine groups is 1. The highest BCUT2D eigenvalue weighted by molar-refractivity contribution is 6.01. The predicted molar refractivity (Wildman–Crippen MR) is 191 cm³/mol. The Bertz CT molecular complexity index is 1650. The molecule has 1 saturated carbocycles. The molecule has 0 bridgehead atoms. The van der Waals surface area contributed by atoms with Crippen LogP contribution < -0.4 is 15.6 Å². The van der Waals surface area contributed by atoms with Gasteiger partial charge < -0.3 is 14.6 Å². The van der Waals surface area contributed by atoms with Gasteiger partial charge in [0.1, 0.15) is 5.75 Å². The summed E-state index contributed by atoms with van der Waals surface area (Å²) in [6.45, 7) is 1.24. The van der Waals surface area contributed by atoms with E-state index in [2.05, 4.69) is 35.1 Å². The van der Waals surface area contributed by atoms with Crippen molar-refractivity contribution in [2.45, 2.75) is 56.6 Å². The van der Waals surface area contributed by atoms with Crippen LogP contribution in [0.25, 0.3) is 17.2 Å². The highest BCUT2D eigenvalue weighted by Crippen LogP contribution is 2.43. The molecule has 248 valence electrons. The Morgan fingerprint density at radius 2 is 1.52 bits per heavy atom. The van der Waals surface area contributed by atoms with Gasteiger partial charge >= 0.3 is 0 Å². The van der Waals surface area contributed by atoms with E-state index in [-0.39, 0.29) is 12.5 Å². The number of hydrogen-bond acceptors (Lipinski definition) is 6. The summed E-state index contributed by atoms with van der Waals surface area (Å²) in [4.78, 5) is 19.6. The first kappa shape index (κ1) is 33.2. The molecule has 1 fully saturated rings. The number of carbonyl (C=O) groups is 1. The van der Waals surface area contributed by atoms with Gasteiger partial charge in [-0.05, 0) is 65.3 Å². The lowest BCUT2D eigenvalue weighted by molar-refractivity contribution is -0.130. The quantitative estimate of drug-likeness (QED) is 0.0969. The van der Waals surface area contributed by atoms with Gasteiger partial charge in [-0.1, -0.05) is 116 Å². The van der Waals surface area contributed by atoms with E-state index >= 15 is 0 Å². The molecule has 1 heterocycles. The Kier molecular flexibility index (Phi) is 11.3. The largest absolute Gasteiger partial charge is 0.494 e. The van der Waals surface area contributed by atoms with E-state index in [9.17, 15) is 4.79 Å². The normalized spacial score (nSPS) is 19.5. The molecule has 48 heavy (non-hydrogen) atoms. The van der Waals surface area contributed by atoms with Crippen LogP contribution in [0.4, 0.5) is 0 Å². The highest BCUT2D eigenvalue weighted by Gasteiger charge is 2.52. The lowest BCUT2D eigenvalue weighted by Crippen LogP contribution is -2.53. The van der Waals surface area contributed by atoms with E-state index in [0.29, 0.717) is 37.0 Å². The second-order valence-electron chi connectivity index (χ2n) is 12.6. The fourth-order valence-electron chi connectivity index (χ4n) is 6.51. The number of amides is 1. The van der Waals surface area contributed by atoms with Gasteiger partial charge in [-0.3, -0.25) is 10.2 Å². The SMILES string of the molecule is O=C(NNCC1CCCCC1)[C@@]1(C/C=C/c2ccccc2)N=C(c2ccc(OCCCO)cc2)O[C@H]1c1ccc(-c2ccccc2)cc1. The highest BCUT2D eigenvalue weighted by atomic mass is 16.5. The van der Waals surface area contributed by atoms with Crippen molar-refractivity contribution in [3.8, 4) is 16.9 Å². The van der Waals surface area contributed by atoms with Crippen LogP contribution in [-0.4, -0.2) is 42.2 Å². The molecule has 6 rings (SSSR count). The molecule has 7 heteroatoms. The summed E-state index contributed by atoms with van der Waals surface area (Å²) < 4.78 is 12.5. The van der Waals surface area contributed by atoms with Crippen LogP contribution in [0.5, 0.6) is 5.75 Å². The molecule has 1 aliphatic carbocycles. The lowest BCUT2D eigenvalue weighted by Gasteiger charge is -2.30. The summed E-state index contributed by atoms with van der Waals surface area (Å²) >= 11 is 0. The Labute approximate surface area is 283 Å². The van der Waals surface area contributed by atoms with Crippen molar-refractivity contribution in [2.75, 3.05) is 19.8 Å². The molecule has 2 atom stereocenters. The minimum atomic E-state index is -1.27. The number of carbonyl (C=O) groups excluding carboxylic acids is 1. The summed E-state index contributed by atoms with van der Waals surface area (Å²) in [5, 5.41) is 9.11. The van der Waals surface area contributed by atoms with Gasteiger partial charge in [0.15, 0.2) is 11.6 Å². The smallest absolute Gasteiger partial charge is 0.266 e. The molecule has 7 nitrogen and oxygen atoms in total. The van der Waals surface area contributed by atoms with Gasteiger partial charge in [-0.15, -0.1) is 0 Å². The second kappa shape index (κ2) is 16.4. The third-order valence-corrected chi connectivity index (χ3v) is 9.21. The molecule has 4 aromatic carbocycles. The summed E-state index contributed by atoms with van der Waals surface area (Å²) in [5.74, 6) is 1.42.